The van der Waals surface area contributed by atoms with Gasteiger partial charge in [0, 0.05) is 24.9 Å². The molecule has 1 heterocycles. The summed E-state index contributed by atoms with van der Waals surface area (Å²) in [6.07, 6.45) is 6.76. The second kappa shape index (κ2) is 7.82. The molecule has 3 rings (SSSR count). The smallest absolute Gasteiger partial charge is 0.225 e. The molecular weight excluding hydrogens is 300 g/mol. The fraction of sp³-hybridized carbons (Fsp3) is 0.600. The monoisotopic (exact) mass is 328 g/mol. The predicted molar refractivity (Wildman–Crippen MR) is 94.3 cm³/mol. The standard InChI is InChI=1S/C20H28N2O2/c1-15(21-20(24)17-10-5-6-11-17)14-19(23)22-13-7-12-18(22)16-8-3-2-4-9-16/h2-4,8-9,15,17-18H,5-7,10-14H2,1H3,(H,21,24). The van der Waals surface area contributed by atoms with Gasteiger partial charge in [-0.1, -0.05) is 43.2 Å². The third-order valence-electron chi connectivity index (χ3n) is 5.35. The third-order valence-corrected chi connectivity index (χ3v) is 5.35. The van der Waals surface area contributed by atoms with Crippen LogP contribution in [-0.2, 0) is 9.59 Å². The maximum Gasteiger partial charge on any atom is 0.225 e. The molecule has 0 bridgehead atoms. The van der Waals surface area contributed by atoms with E-state index in [2.05, 4.69) is 17.4 Å². The first-order chi connectivity index (χ1) is 11.6. The van der Waals surface area contributed by atoms with E-state index < -0.39 is 0 Å². The van der Waals surface area contributed by atoms with Crippen molar-refractivity contribution >= 4 is 11.8 Å². The van der Waals surface area contributed by atoms with E-state index in [4.69, 9.17) is 0 Å². The van der Waals surface area contributed by atoms with Gasteiger partial charge in [-0.15, -0.1) is 0 Å². The molecule has 2 atom stereocenters. The molecule has 2 aliphatic rings. The normalized spacial score (nSPS) is 22.5. The number of hydrogen-bond acceptors (Lipinski definition) is 2. The average Bonchev–Trinajstić information content (AvgIpc) is 3.27. The Morgan fingerprint density at radius 3 is 2.54 bits per heavy atom. The van der Waals surface area contributed by atoms with E-state index in [1.807, 2.05) is 30.0 Å². The van der Waals surface area contributed by atoms with Gasteiger partial charge in [-0.2, -0.15) is 0 Å². The Kier molecular flexibility index (Phi) is 5.54. The number of carbonyl (C=O) groups is 2. The van der Waals surface area contributed by atoms with Gasteiger partial charge in [-0.05, 0) is 38.2 Å². The summed E-state index contributed by atoms with van der Waals surface area (Å²) in [7, 11) is 0. The van der Waals surface area contributed by atoms with Gasteiger partial charge in [0.15, 0.2) is 0 Å². The van der Waals surface area contributed by atoms with Crippen molar-refractivity contribution in [3.63, 3.8) is 0 Å². The van der Waals surface area contributed by atoms with Gasteiger partial charge < -0.3 is 10.2 Å². The Hall–Kier alpha value is -1.84. The number of hydrogen-bond donors (Lipinski definition) is 1. The maximum atomic E-state index is 12.7. The largest absolute Gasteiger partial charge is 0.353 e. The lowest BCUT2D eigenvalue weighted by molar-refractivity contribution is -0.133. The highest BCUT2D eigenvalue weighted by molar-refractivity contribution is 5.81. The SMILES string of the molecule is CC(CC(=O)N1CCCC1c1ccccc1)NC(=O)C1CCCC1. The first-order valence-electron chi connectivity index (χ1n) is 9.30. The van der Waals surface area contributed by atoms with E-state index in [9.17, 15) is 9.59 Å². The summed E-state index contributed by atoms with van der Waals surface area (Å²) in [5.41, 5.74) is 1.21. The van der Waals surface area contributed by atoms with Crippen LogP contribution in [0.4, 0.5) is 0 Å². The van der Waals surface area contributed by atoms with Gasteiger partial charge >= 0.3 is 0 Å². The molecule has 0 radical (unpaired) electrons. The minimum atomic E-state index is -0.0948. The Labute approximate surface area is 144 Å². The number of benzene rings is 1. The van der Waals surface area contributed by atoms with Crippen molar-refractivity contribution in [2.45, 2.75) is 64.0 Å². The minimum Gasteiger partial charge on any atom is -0.353 e. The van der Waals surface area contributed by atoms with Crippen LogP contribution in [0.2, 0.25) is 0 Å². The summed E-state index contributed by atoms with van der Waals surface area (Å²) in [5, 5.41) is 3.04. The quantitative estimate of drug-likeness (QED) is 0.900. The average molecular weight is 328 g/mol. The fourth-order valence-corrected chi connectivity index (χ4v) is 4.07. The van der Waals surface area contributed by atoms with Crippen molar-refractivity contribution in [2.24, 2.45) is 5.92 Å². The molecule has 1 saturated heterocycles. The van der Waals surface area contributed by atoms with Gasteiger partial charge in [0.2, 0.25) is 11.8 Å². The van der Waals surface area contributed by atoms with Crippen LogP contribution in [0.25, 0.3) is 0 Å². The van der Waals surface area contributed by atoms with Crippen LogP contribution in [0, 0.1) is 5.92 Å². The van der Waals surface area contributed by atoms with Crippen molar-refractivity contribution in [2.75, 3.05) is 6.54 Å². The van der Waals surface area contributed by atoms with Gasteiger partial charge in [-0.3, -0.25) is 9.59 Å². The first kappa shape index (κ1) is 17.0. The second-order valence-corrected chi connectivity index (χ2v) is 7.25. The van der Waals surface area contributed by atoms with Gasteiger partial charge in [-0.25, -0.2) is 0 Å². The van der Waals surface area contributed by atoms with Crippen molar-refractivity contribution in [3.05, 3.63) is 35.9 Å². The van der Waals surface area contributed by atoms with E-state index in [-0.39, 0.29) is 29.8 Å². The van der Waals surface area contributed by atoms with E-state index >= 15 is 0 Å². The Bertz CT molecular complexity index is 566. The fourth-order valence-electron chi connectivity index (χ4n) is 4.07. The molecule has 1 aliphatic heterocycles. The molecule has 0 spiro atoms. The number of nitrogens with zero attached hydrogens (tertiary/aromatic N) is 1. The highest BCUT2D eigenvalue weighted by atomic mass is 16.2. The predicted octanol–water partition coefficient (Wildman–Crippen LogP) is 3.44. The maximum absolute atomic E-state index is 12.7. The van der Waals surface area contributed by atoms with Gasteiger partial charge in [0.1, 0.15) is 0 Å². The molecule has 4 heteroatoms. The summed E-state index contributed by atoms with van der Waals surface area (Å²) in [4.78, 5) is 26.9. The second-order valence-electron chi connectivity index (χ2n) is 7.25. The zero-order chi connectivity index (χ0) is 16.9. The Balaban J connectivity index is 1.54. The van der Waals surface area contributed by atoms with Crippen molar-refractivity contribution < 1.29 is 9.59 Å². The summed E-state index contributed by atoms with van der Waals surface area (Å²) >= 11 is 0. The Morgan fingerprint density at radius 2 is 1.83 bits per heavy atom. The molecule has 1 aromatic carbocycles. The molecule has 4 nitrogen and oxygen atoms in total. The molecule has 2 unspecified atom stereocenters. The number of nitrogens with one attached hydrogen (secondary N) is 1. The van der Waals surface area contributed by atoms with E-state index in [1.165, 1.54) is 5.56 Å². The van der Waals surface area contributed by atoms with Crippen LogP contribution >= 0.6 is 0 Å². The molecular formula is C20H28N2O2. The third kappa shape index (κ3) is 3.97. The molecule has 0 aromatic heterocycles. The summed E-state index contributed by atoms with van der Waals surface area (Å²) in [6.45, 7) is 2.76. The molecule has 1 aromatic rings. The molecule has 130 valence electrons. The molecule has 1 saturated carbocycles. The lowest BCUT2D eigenvalue weighted by atomic mass is 10.0. The van der Waals surface area contributed by atoms with Crippen LogP contribution < -0.4 is 5.32 Å². The number of likely N-dealkylation sites (tertiary alicyclic amines) is 1. The van der Waals surface area contributed by atoms with Crippen molar-refractivity contribution in [1.29, 1.82) is 0 Å². The summed E-state index contributed by atoms with van der Waals surface area (Å²) in [5.74, 6) is 0.445. The minimum absolute atomic E-state index is 0.0948. The lowest BCUT2D eigenvalue weighted by Crippen LogP contribution is -2.41. The van der Waals surface area contributed by atoms with Gasteiger partial charge in [0.05, 0.1) is 6.04 Å². The molecule has 24 heavy (non-hydrogen) atoms. The number of carbonyl (C=O) groups excluding carboxylic acids is 2. The van der Waals surface area contributed by atoms with Crippen LogP contribution in [0.5, 0.6) is 0 Å². The van der Waals surface area contributed by atoms with E-state index in [0.29, 0.717) is 6.42 Å². The molecule has 1 aliphatic carbocycles. The highest BCUT2D eigenvalue weighted by Gasteiger charge is 2.31. The van der Waals surface area contributed by atoms with Crippen molar-refractivity contribution in [3.8, 4) is 0 Å². The highest BCUT2D eigenvalue weighted by Crippen LogP contribution is 2.32. The molecule has 2 fully saturated rings. The summed E-state index contributed by atoms with van der Waals surface area (Å²) in [6, 6.07) is 10.4. The zero-order valence-corrected chi connectivity index (χ0v) is 14.5. The zero-order valence-electron chi connectivity index (χ0n) is 14.5. The Morgan fingerprint density at radius 1 is 1.12 bits per heavy atom. The van der Waals surface area contributed by atoms with Gasteiger partial charge in [0.25, 0.3) is 0 Å². The van der Waals surface area contributed by atoms with E-state index in [1.54, 1.807) is 0 Å². The topological polar surface area (TPSA) is 49.4 Å². The lowest BCUT2D eigenvalue weighted by Gasteiger charge is -2.27. The number of rotatable bonds is 5. The van der Waals surface area contributed by atoms with E-state index in [0.717, 1.165) is 45.1 Å². The van der Waals surface area contributed by atoms with Crippen LogP contribution in [0.3, 0.4) is 0 Å². The van der Waals surface area contributed by atoms with Crippen LogP contribution in [0.15, 0.2) is 30.3 Å². The summed E-state index contributed by atoms with van der Waals surface area (Å²) < 4.78 is 0. The van der Waals surface area contributed by atoms with Crippen LogP contribution in [0.1, 0.15) is 63.5 Å². The van der Waals surface area contributed by atoms with Crippen molar-refractivity contribution in [1.82, 2.24) is 10.2 Å². The molecule has 1 N–H and O–H groups in total. The first-order valence-corrected chi connectivity index (χ1v) is 9.30. The van der Waals surface area contributed by atoms with Crippen LogP contribution in [-0.4, -0.2) is 29.3 Å². The number of amides is 2. The molecule has 2 amide bonds.